The van der Waals surface area contributed by atoms with Crippen molar-refractivity contribution in [2.45, 2.75) is 25.8 Å². The summed E-state index contributed by atoms with van der Waals surface area (Å²) in [6.07, 6.45) is 1.37. The second kappa shape index (κ2) is 6.84. The standard InChI is InChI=1S/C15H14Cl2N2O2/c1-2-4-14(20)18-12-5-3-8-19(15(12)21)13-7-6-10(16)9-11(13)17/h6-7,9,12H,3,5,8H2,1H3,(H,18,20). The Balaban J connectivity index is 2.19. The normalized spacial score (nSPS) is 18.0. The van der Waals surface area contributed by atoms with E-state index in [1.165, 1.54) is 0 Å². The van der Waals surface area contributed by atoms with E-state index in [0.29, 0.717) is 28.7 Å². The number of anilines is 1. The molecule has 1 fully saturated rings. The van der Waals surface area contributed by atoms with Crippen molar-refractivity contribution >= 4 is 40.7 Å². The van der Waals surface area contributed by atoms with Crippen LogP contribution in [-0.2, 0) is 9.59 Å². The number of nitrogens with zero attached hydrogens (tertiary/aromatic N) is 1. The minimum absolute atomic E-state index is 0.184. The van der Waals surface area contributed by atoms with Crippen LogP contribution in [0.2, 0.25) is 10.0 Å². The summed E-state index contributed by atoms with van der Waals surface area (Å²) in [5.41, 5.74) is 0.603. The van der Waals surface area contributed by atoms with Crippen molar-refractivity contribution in [3.63, 3.8) is 0 Å². The molecule has 1 aliphatic rings. The van der Waals surface area contributed by atoms with Crippen molar-refractivity contribution in [1.29, 1.82) is 0 Å². The number of piperidine rings is 1. The SMILES string of the molecule is CC#CC(=O)NC1CCCN(c2ccc(Cl)cc2Cl)C1=O. The molecule has 0 bridgehead atoms. The molecule has 110 valence electrons. The summed E-state index contributed by atoms with van der Waals surface area (Å²) in [6, 6.07) is 4.41. The van der Waals surface area contributed by atoms with Crippen LogP contribution in [0.15, 0.2) is 18.2 Å². The van der Waals surface area contributed by atoms with E-state index in [0.717, 1.165) is 6.42 Å². The van der Waals surface area contributed by atoms with Crippen molar-refractivity contribution < 1.29 is 9.59 Å². The Bertz CT molecular complexity index is 634. The lowest BCUT2D eigenvalue weighted by Crippen LogP contribution is -2.52. The molecular formula is C15H14Cl2N2O2. The Labute approximate surface area is 133 Å². The van der Waals surface area contributed by atoms with Gasteiger partial charge in [0.25, 0.3) is 5.91 Å². The summed E-state index contributed by atoms with van der Waals surface area (Å²) in [7, 11) is 0. The van der Waals surface area contributed by atoms with Crippen LogP contribution in [0.1, 0.15) is 19.8 Å². The quantitative estimate of drug-likeness (QED) is 0.850. The first kappa shape index (κ1) is 15.7. The highest BCUT2D eigenvalue weighted by Gasteiger charge is 2.31. The molecule has 1 heterocycles. The Morgan fingerprint density at radius 3 is 2.86 bits per heavy atom. The van der Waals surface area contributed by atoms with E-state index < -0.39 is 11.9 Å². The van der Waals surface area contributed by atoms with Crippen LogP contribution in [0, 0.1) is 11.8 Å². The zero-order valence-electron chi connectivity index (χ0n) is 11.5. The fraction of sp³-hybridized carbons (Fsp3) is 0.333. The third-order valence-electron chi connectivity index (χ3n) is 3.18. The zero-order chi connectivity index (χ0) is 15.4. The molecule has 1 aromatic rings. The fourth-order valence-electron chi connectivity index (χ4n) is 2.26. The Hall–Kier alpha value is -1.70. The monoisotopic (exact) mass is 324 g/mol. The average molecular weight is 325 g/mol. The van der Waals surface area contributed by atoms with Gasteiger partial charge < -0.3 is 10.2 Å². The van der Waals surface area contributed by atoms with Crippen LogP contribution in [-0.4, -0.2) is 24.4 Å². The lowest BCUT2D eigenvalue weighted by Gasteiger charge is -2.32. The number of nitrogens with one attached hydrogen (secondary N) is 1. The molecule has 21 heavy (non-hydrogen) atoms. The molecule has 1 atom stereocenters. The zero-order valence-corrected chi connectivity index (χ0v) is 13.0. The minimum Gasteiger partial charge on any atom is -0.333 e. The van der Waals surface area contributed by atoms with Gasteiger partial charge in [-0.05, 0) is 43.9 Å². The molecule has 1 unspecified atom stereocenters. The van der Waals surface area contributed by atoms with E-state index in [-0.39, 0.29) is 5.91 Å². The molecule has 0 saturated carbocycles. The number of halogens is 2. The number of carbonyl (C=O) groups is 2. The smallest absolute Gasteiger partial charge is 0.296 e. The first-order valence-electron chi connectivity index (χ1n) is 6.52. The van der Waals surface area contributed by atoms with E-state index in [4.69, 9.17) is 23.2 Å². The first-order valence-corrected chi connectivity index (χ1v) is 7.28. The van der Waals surface area contributed by atoms with Gasteiger partial charge in [0, 0.05) is 11.6 Å². The number of benzene rings is 1. The van der Waals surface area contributed by atoms with Crippen LogP contribution < -0.4 is 10.2 Å². The lowest BCUT2D eigenvalue weighted by atomic mass is 10.0. The molecule has 1 aromatic carbocycles. The number of carbonyl (C=O) groups excluding carboxylic acids is 2. The van der Waals surface area contributed by atoms with E-state index in [2.05, 4.69) is 17.2 Å². The molecule has 1 saturated heterocycles. The van der Waals surface area contributed by atoms with Gasteiger partial charge in [0.05, 0.1) is 10.7 Å². The maximum Gasteiger partial charge on any atom is 0.296 e. The maximum atomic E-state index is 12.5. The Morgan fingerprint density at radius 1 is 1.43 bits per heavy atom. The molecule has 0 aromatic heterocycles. The summed E-state index contributed by atoms with van der Waals surface area (Å²) < 4.78 is 0. The van der Waals surface area contributed by atoms with E-state index >= 15 is 0 Å². The van der Waals surface area contributed by atoms with Gasteiger partial charge in [0.1, 0.15) is 6.04 Å². The molecule has 4 nitrogen and oxygen atoms in total. The minimum atomic E-state index is -0.571. The lowest BCUT2D eigenvalue weighted by molar-refractivity contribution is -0.126. The van der Waals surface area contributed by atoms with Gasteiger partial charge in [0.15, 0.2) is 0 Å². The molecule has 0 radical (unpaired) electrons. The molecule has 0 spiro atoms. The van der Waals surface area contributed by atoms with E-state index in [1.54, 1.807) is 30.0 Å². The van der Waals surface area contributed by atoms with Crippen LogP contribution in [0.4, 0.5) is 5.69 Å². The molecule has 2 rings (SSSR count). The average Bonchev–Trinajstić information content (AvgIpc) is 2.42. The number of amides is 2. The van der Waals surface area contributed by atoms with Gasteiger partial charge in [-0.15, -0.1) is 0 Å². The van der Waals surface area contributed by atoms with Crippen LogP contribution in [0.3, 0.4) is 0 Å². The summed E-state index contributed by atoms with van der Waals surface area (Å²) in [5.74, 6) is 4.25. The molecular weight excluding hydrogens is 311 g/mol. The largest absolute Gasteiger partial charge is 0.333 e. The molecule has 6 heteroatoms. The highest BCUT2D eigenvalue weighted by atomic mass is 35.5. The summed E-state index contributed by atoms with van der Waals surface area (Å²) in [6.45, 7) is 2.13. The van der Waals surface area contributed by atoms with Crippen molar-refractivity contribution in [2.75, 3.05) is 11.4 Å². The van der Waals surface area contributed by atoms with Gasteiger partial charge in [-0.2, -0.15) is 0 Å². The highest BCUT2D eigenvalue weighted by Crippen LogP contribution is 2.31. The Kier molecular flexibility index (Phi) is 5.11. The topological polar surface area (TPSA) is 49.4 Å². The second-order valence-electron chi connectivity index (χ2n) is 4.63. The summed E-state index contributed by atoms with van der Waals surface area (Å²) in [5, 5.41) is 3.55. The van der Waals surface area contributed by atoms with Gasteiger partial charge in [-0.1, -0.05) is 29.1 Å². The van der Waals surface area contributed by atoms with Crippen molar-refractivity contribution in [1.82, 2.24) is 5.32 Å². The fourth-order valence-corrected chi connectivity index (χ4v) is 2.77. The molecule has 1 N–H and O–H groups in total. The van der Waals surface area contributed by atoms with Gasteiger partial charge in [0.2, 0.25) is 5.91 Å². The van der Waals surface area contributed by atoms with Gasteiger partial charge in [-0.25, -0.2) is 0 Å². The number of rotatable bonds is 2. The van der Waals surface area contributed by atoms with Crippen molar-refractivity contribution in [3.8, 4) is 11.8 Å². The third-order valence-corrected chi connectivity index (χ3v) is 3.72. The summed E-state index contributed by atoms with van der Waals surface area (Å²) in [4.78, 5) is 25.6. The second-order valence-corrected chi connectivity index (χ2v) is 5.47. The first-order chi connectivity index (χ1) is 10.0. The highest BCUT2D eigenvalue weighted by molar-refractivity contribution is 6.36. The van der Waals surface area contributed by atoms with Crippen molar-refractivity contribution in [3.05, 3.63) is 28.2 Å². The van der Waals surface area contributed by atoms with Crippen LogP contribution >= 0.6 is 23.2 Å². The van der Waals surface area contributed by atoms with Crippen LogP contribution in [0.25, 0.3) is 0 Å². The molecule has 2 amide bonds. The predicted octanol–water partition coefficient (Wildman–Crippen LogP) is 2.63. The third kappa shape index (κ3) is 3.69. The van der Waals surface area contributed by atoms with Crippen LogP contribution in [0.5, 0.6) is 0 Å². The Morgan fingerprint density at radius 2 is 2.19 bits per heavy atom. The predicted molar refractivity (Wildman–Crippen MR) is 83.4 cm³/mol. The number of hydrogen-bond donors (Lipinski definition) is 1. The summed E-state index contributed by atoms with van der Waals surface area (Å²) >= 11 is 12.0. The molecule has 0 aliphatic carbocycles. The number of hydrogen-bond acceptors (Lipinski definition) is 2. The maximum absolute atomic E-state index is 12.5. The van der Waals surface area contributed by atoms with Gasteiger partial charge >= 0.3 is 0 Å². The van der Waals surface area contributed by atoms with Crippen molar-refractivity contribution in [2.24, 2.45) is 0 Å². The van der Waals surface area contributed by atoms with E-state index in [9.17, 15) is 9.59 Å². The van der Waals surface area contributed by atoms with Gasteiger partial charge in [-0.3, -0.25) is 9.59 Å². The van der Waals surface area contributed by atoms with E-state index in [1.807, 2.05) is 0 Å². The molecule has 1 aliphatic heterocycles.